The van der Waals surface area contributed by atoms with Crippen molar-refractivity contribution in [1.29, 1.82) is 0 Å². The molecule has 25 heavy (non-hydrogen) atoms. The van der Waals surface area contributed by atoms with E-state index >= 15 is 0 Å². The van der Waals surface area contributed by atoms with Crippen LogP contribution in [0.2, 0.25) is 0 Å². The molecular weight excluding hydrogens is 355 g/mol. The van der Waals surface area contributed by atoms with Gasteiger partial charge < -0.3 is 15.2 Å². The minimum Gasteiger partial charge on any atom is -0.433 e. The van der Waals surface area contributed by atoms with Crippen molar-refractivity contribution in [3.63, 3.8) is 0 Å². The maximum Gasteiger partial charge on any atom is 0.416 e. The first-order chi connectivity index (χ1) is 11.6. The maximum atomic E-state index is 12.8. The zero-order valence-corrected chi connectivity index (χ0v) is 12.3. The van der Waals surface area contributed by atoms with Gasteiger partial charge in [-0.1, -0.05) is 0 Å². The summed E-state index contributed by atoms with van der Waals surface area (Å²) < 4.78 is 67.3. The normalized spacial score (nSPS) is 15.0. The molecule has 0 fully saturated rings. The van der Waals surface area contributed by atoms with Crippen LogP contribution in [0.1, 0.15) is 5.56 Å². The van der Waals surface area contributed by atoms with Gasteiger partial charge in [-0.25, -0.2) is 0 Å². The smallest absolute Gasteiger partial charge is 0.416 e. The second kappa shape index (κ2) is 7.05. The summed E-state index contributed by atoms with van der Waals surface area (Å²) in [6, 6.07) is 1.69. The molecule has 0 aromatic heterocycles. The molecular formula is C14H11F5N2O4. The molecule has 6 nitrogen and oxygen atoms in total. The summed E-state index contributed by atoms with van der Waals surface area (Å²) in [7, 11) is 0. The van der Waals surface area contributed by atoms with Gasteiger partial charge in [-0.05, 0) is 18.2 Å². The molecule has 0 saturated carbocycles. The molecule has 0 aliphatic carbocycles. The lowest BCUT2D eigenvalue weighted by Crippen LogP contribution is -2.34. The van der Waals surface area contributed by atoms with E-state index in [1.54, 1.807) is 0 Å². The van der Waals surface area contributed by atoms with Crippen molar-refractivity contribution in [3.05, 3.63) is 35.5 Å². The molecule has 2 amide bonds. The SMILES string of the molecule is O=C1C=C(Nc2cc(C(F)(F)F)ccc2OC(F)F)C(=O)N1CCO. The van der Waals surface area contributed by atoms with E-state index in [1.165, 1.54) is 0 Å². The largest absolute Gasteiger partial charge is 0.433 e. The van der Waals surface area contributed by atoms with Crippen LogP contribution in [0.4, 0.5) is 27.6 Å². The molecule has 11 heteroatoms. The second-order valence-corrected chi connectivity index (χ2v) is 4.79. The lowest BCUT2D eigenvalue weighted by molar-refractivity contribution is -0.138. The first-order valence-corrected chi connectivity index (χ1v) is 6.75. The number of anilines is 1. The molecule has 1 aromatic carbocycles. The average molecular weight is 366 g/mol. The summed E-state index contributed by atoms with van der Waals surface area (Å²) in [5.41, 5.74) is -2.16. The Morgan fingerprint density at radius 1 is 1.24 bits per heavy atom. The number of ether oxygens (including phenoxy) is 1. The Balaban J connectivity index is 2.35. The van der Waals surface area contributed by atoms with E-state index in [1.807, 2.05) is 0 Å². The van der Waals surface area contributed by atoms with Crippen molar-refractivity contribution in [2.24, 2.45) is 0 Å². The van der Waals surface area contributed by atoms with Gasteiger partial charge in [-0.2, -0.15) is 22.0 Å². The number of imide groups is 1. The standard InChI is InChI=1S/C14H11F5N2O4/c15-13(16)25-10-2-1-7(14(17,18)19)5-8(10)20-9-6-11(23)21(3-4-22)12(9)24/h1-2,5-6,13,20,22H,3-4H2. The Bertz CT molecular complexity index is 718. The van der Waals surface area contributed by atoms with Crippen LogP contribution in [-0.2, 0) is 15.8 Å². The van der Waals surface area contributed by atoms with Crippen molar-refractivity contribution in [1.82, 2.24) is 4.90 Å². The molecule has 0 spiro atoms. The number of halogens is 5. The van der Waals surface area contributed by atoms with Crippen LogP contribution in [0.5, 0.6) is 5.75 Å². The van der Waals surface area contributed by atoms with Crippen LogP contribution in [0.25, 0.3) is 0 Å². The van der Waals surface area contributed by atoms with Crippen LogP contribution in [0, 0.1) is 0 Å². The third kappa shape index (κ3) is 4.24. The lowest BCUT2D eigenvalue weighted by atomic mass is 10.1. The molecule has 0 saturated heterocycles. The van der Waals surface area contributed by atoms with Crippen LogP contribution >= 0.6 is 0 Å². The molecule has 2 N–H and O–H groups in total. The Morgan fingerprint density at radius 2 is 1.92 bits per heavy atom. The summed E-state index contributed by atoms with van der Waals surface area (Å²) in [6.45, 7) is -4.14. The van der Waals surface area contributed by atoms with Crippen LogP contribution < -0.4 is 10.1 Å². The number of hydrogen-bond acceptors (Lipinski definition) is 5. The van der Waals surface area contributed by atoms with Gasteiger partial charge in [0.15, 0.2) is 0 Å². The van der Waals surface area contributed by atoms with E-state index in [0.717, 1.165) is 6.08 Å². The zero-order valence-electron chi connectivity index (χ0n) is 12.3. The molecule has 1 heterocycles. The highest BCUT2D eigenvalue weighted by Gasteiger charge is 2.34. The summed E-state index contributed by atoms with van der Waals surface area (Å²) in [6.07, 6.45) is -3.98. The summed E-state index contributed by atoms with van der Waals surface area (Å²) in [5, 5.41) is 11.0. The van der Waals surface area contributed by atoms with Gasteiger partial charge in [0.2, 0.25) is 0 Å². The molecule has 0 unspecified atom stereocenters. The fourth-order valence-corrected chi connectivity index (χ4v) is 2.06. The maximum absolute atomic E-state index is 12.8. The number of benzene rings is 1. The van der Waals surface area contributed by atoms with Crippen molar-refractivity contribution in [2.75, 3.05) is 18.5 Å². The van der Waals surface area contributed by atoms with E-state index < -0.39 is 53.9 Å². The first kappa shape index (κ1) is 18.6. The monoisotopic (exact) mass is 366 g/mol. The Morgan fingerprint density at radius 3 is 2.48 bits per heavy atom. The number of rotatable bonds is 6. The Hall–Kier alpha value is -2.69. The zero-order chi connectivity index (χ0) is 18.8. The predicted octanol–water partition coefficient (Wildman–Crippen LogP) is 1.96. The highest BCUT2D eigenvalue weighted by atomic mass is 19.4. The minimum absolute atomic E-state index is 0.317. The van der Waals surface area contributed by atoms with Crippen molar-refractivity contribution < 1.29 is 41.4 Å². The minimum atomic E-state index is -4.76. The van der Waals surface area contributed by atoms with Crippen LogP contribution in [0.3, 0.4) is 0 Å². The highest BCUT2D eigenvalue weighted by molar-refractivity contribution is 6.17. The van der Waals surface area contributed by atoms with Gasteiger partial charge in [0.25, 0.3) is 11.8 Å². The summed E-state index contributed by atoms with van der Waals surface area (Å²) >= 11 is 0. The summed E-state index contributed by atoms with van der Waals surface area (Å²) in [4.78, 5) is 24.2. The van der Waals surface area contributed by atoms with Crippen molar-refractivity contribution in [2.45, 2.75) is 12.8 Å². The van der Waals surface area contributed by atoms with E-state index in [-0.39, 0.29) is 6.54 Å². The topological polar surface area (TPSA) is 78.9 Å². The van der Waals surface area contributed by atoms with Gasteiger partial charge in [0, 0.05) is 6.08 Å². The molecule has 2 rings (SSSR count). The van der Waals surface area contributed by atoms with Gasteiger partial charge in [0.05, 0.1) is 24.4 Å². The third-order valence-corrected chi connectivity index (χ3v) is 3.13. The van der Waals surface area contributed by atoms with Gasteiger partial charge in [-0.3, -0.25) is 14.5 Å². The molecule has 1 aliphatic heterocycles. The number of nitrogens with zero attached hydrogens (tertiary/aromatic N) is 1. The third-order valence-electron chi connectivity index (χ3n) is 3.13. The average Bonchev–Trinajstić information content (AvgIpc) is 2.75. The molecule has 0 atom stereocenters. The van der Waals surface area contributed by atoms with Gasteiger partial charge in [-0.15, -0.1) is 0 Å². The first-order valence-electron chi connectivity index (χ1n) is 6.75. The molecule has 0 radical (unpaired) electrons. The Labute approximate surface area is 137 Å². The number of amides is 2. The lowest BCUT2D eigenvalue weighted by Gasteiger charge is -2.17. The fourth-order valence-electron chi connectivity index (χ4n) is 2.06. The second-order valence-electron chi connectivity index (χ2n) is 4.79. The highest BCUT2D eigenvalue weighted by Crippen LogP contribution is 2.36. The molecule has 0 bridgehead atoms. The quantitative estimate of drug-likeness (QED) is 0.595. The summed E-state index contributed by atoms with van der Waals surface area (Å²) in [5.74, 6) is -2.35. The molecule has 1 aromatic rings. The number of hydrogen-bond donors (Lipinski definition) is 2. The fraction of sp³-hybridized carbons (Fsp3) is 0.286. The number of nitrogens with one attached hydrogen (secondary N) is 1. The predicted molar refractivity (Wildman–Crippen MR) is 73.6 cm³/mol. The van der Waals surface area contributed by atoms with Gasteiger partial charge >= 0.3 is 12.8 Å². The van der Waals surface area contributed by atoms with Gasteiger partial charge in [0.1, 0.15) is 11.4 Å². The number of carbonyl (C=O) groups excluding carboxylic acids is 2. The number of alkyl halides is 5. The van der Waals surface area contributed by atoms with E-state index in [0.29, 0.717) is 23.1 Å². The van der Waals surface area contributed by atoms with Crippen LogP contribution in [0.15, 0.2) is 30.0 Å². The number of β-amino-alcohol motifs (C(OH)–C–C–N with tert-alkyl or cyclic N) is 1. The van der Waals surface area contributed by atoms with Crippen LogP contribution in [-0.4, -0.2) is 41.6 Å². The van der Waals surface area contributed by atoms with E-state index in [9.17, 15) is 31.5 Å². The Kier molecular flexibility index (Phi) is 5.26. The molecule has 136 valence electrons. The van der Waals surface area contributed by atoms with Crippen molar-refractivity contribution in [3.8, 4) is 5.75 Å². The number of carbonyl (C=O) groups is 2. The van der Waals surface area contributed by atoms with E-state index in [2.05, 4.69) is 10.1 Å². The number of aliphatic hydroxyl groups is 1. The van der Waals surface area contributed by atoms with E-state index in [4.69, 9.17) is 5.11 Å². The van der Waals surface area contributed by atoms with Crippen molar-refractivity contribution >= 4 is 17.5 Å². The molecule has 1 aliphatic rings. The number of aliphatic hydroxyl groups excluding tert-OH is 1.